The Bertz CT molecular complexity index is 1170. The second-order valence-corrected chi connectivity index (χ2v) is 9.02. The Balaban J connectivity index is 1.43. The molecule has 0 aliphatic carbocycles. The van der Waals surface area contributed by atoms with Gasteiger partial charge in [-0.3, -0.25) is 4.90 Å². The normalized spacial score (nSPS) is 18.2. The average Bonchev–Trinajstić information content (AvgIpc) is 2.84. The number of nitrogens with one attached hydrogen (secondary N) is 1. The number of hydrogen-bond acceptors (Lipinski definition) is 9. The van der Waals surface area contributed by atoms with Crippen molar-refractivity contribution in [2.24, 2.45) is 0 Å². The van der Waals surface area contributed by atoms with Crippen molar-refractivity contribution in [3.05, 3.63) is 41.3 Å². The average molecular weight is 468 g/mol. The quantitative estimate of drug-likeness (QED) is 0.504. The molecular formula is C24H30FN7O2. The Labute approximate surface area is 197 Å². The number of hydrogen-bond donors (Lipinski definition) is 3. The second kappa shape index (κ2) is 9.73. The summed E-state index contributed by atoms with van der Waals surface area (Å²) in [6, 6.07) is 5.76. The number of alkyl halides is 1. The summed E-state index contributed by atoms with van der Waals surface area (Å²) in [6.45, 7) is 5.26. The molecule has 9 nitrogen and oxygen atoms in total. The molecule has 1 atom stereocenters. The van der Waals surface area contributed by atoms with Crippen molar-refractivity contribution >= 4 is 28.5 Å². The molecule has 180 valence electrons. The maximum absolute atomic E-state index is 13.7. The van der Waals surface area contributed by atoms with E-state index in [1.54, 1.807) is 19.2 Å². The summed E-state index contributed by atoms with van der Waals surface area (Å²) >= 11 is 0. The highest BCUT2D eigenvalue weighted by Crippen LogP contribution is 2.30. The molecule has 3 N–H and O–H groups in total. The molecule has 3 aromatic rings. The number of aromatic nitrogens is 4. The molecular weight excluding hydrogens is 437 g/mol. The van der Waals surface area contributed by atoms with E-state index >= 15 is 0 Å². The number of rotatable bonds is 6. The molecule has 10 heteroatoms. The minimum atomic E-state index is -0.792. The zero-order chi connectivity index (χ0) is 23.7. The molecule has 0 amide bonds. The van der Waals surface area contributed by atoms with Crippen LogP contribution >= 0.6 is 0 Å². The zero-order valence-electron chi connectivity index (χ0n) is 19.3. The number of aliphatic hydroxyl groups is 2. The number of β-amino-alcohol motifs (C(OH)–C–C–N with tert-alkyl or cyclic N) is 1. The van der Waals surface area contributed by atoms with Crippen molar-refractivity contribution in [1.29, 1.82) is 0 Å². The Morgan fingerprint density at radius 2 is 2.00 bits per heavy atom. The third-order valence-electron chi connectivity index (χ3n) is 6.50. The molecule has 0 spiro atoms. The first kappa shape index (κ1) is 22.8. The summed E-state index contributed by atoms with van der Waals surface area (Å²) in [6.07, 6.45) is 1.92. The van der Waals surface area contributed by atoms with E-state index in [-0.39, 0.29) is 6.61 Å². The van der Waals surface area contributed by atoms with Gasteiger partial charge in [0.25, 0.3) is 0 Å². The van der Waals surface area contributed by atoms with Gasteiger partial charge in [0.15, 0.2) is 5.82 Å². The lowest BCUT2D eigenvalue weighted by molar-refractivity contribution is 0.183. The van der Waals surface area contributed by atoms with E-state index in [2.05, 4.69) is 26.3 Å². The van der Waals surface area contributed by atoms with Crippen LogP contribution in [-0.2, 0) is 13.0 Å². The van der Waals surface area contributed by atoms with Gasteiger partial charge in [0.2, 0.25) is 5.95 Å². The van der Waals surface area contributed by atoms with E-state index in [1.165, 1.54) is 0 Å². The summed E-state index contributed by atoms with van der Waals surface area (Å²) < 4.78 is 13.7. The monoisotopic (exact) mass is 467 g/mol. The smallest absolute Gasteiger partial charge is 0.229 e. The molecule has 5 heterocycles. The van der Waals surface area contributed by atoms with Crippen molar-refractivity contribution in [3.8, 4) is 0 Å². The minimum Gasteiger partial charge on any atom is -0.395 e. The van der Waals surface area contributed by atoms with Gasteiger partial charge in [-0.2, -0.15) is 0 Å². The molecule has 3 aromatic heterocycles. The van der Waals surface area contributed by atoms with Crippen LogP contribution in [0, 0.1) is 0 Å². The van der Waals surface area contributed by atoms with Crippen LogP contribution in [0.4, 0.5) is 22.0 Å². The number of aliphatic hydroxyl groups excluding tert-OH is 2. The van der Waals surface area contributed by atoms with E-state index in [0.29, 0.717) is 61.3 Å². The predicted molar refractivity (Wildman–Crippen MR) is 128 cm³/mol. The van der Waals surface area contributed by atoms with E-state index in [1.807, 2.05) is 11.0 Å². The molecule has 34 heavy (non-hydrogen) atoms. The number of anilines is 3. The molecule has 0 saturated carbocycles. The lowest BCUT2D eigenvalue weighted by atomic mass is 10.1. The zero-order valence-corrected chi connectivity index (χ0v) is 19.3. The van der Waals surface area contributed by atoms with Crippen molar-refractivity contribution < 1.29 is 14.6 Å². The first-order valence-electron chi connectivity index (χ1n) is 11.8. The van der Waals surface area contributed by atoms with Gasteiger partial charge in [0.05, 0.1) is 18.4 Å². The third-order valence-corrected chi connectivity index (χ3v) is 6.50. The highest BCUT2D eigenvalue weighted by atomic mass is 19.1. The summed E-state index contributed by atoms with van der Waals surface area (Å²) in [5.41, 5.74) is 3.41. The van der Waals surface area contributed by atoms with Gasteiger partial charge in [-0.1, -0.05) is 6.07 Å². The Hall–Kier alpha value is -2.95. The summed E-state index contributed by atoms with van der Waals surface area (Å²) in [4.78, 5) is 22.9. The van der Waals surface area contributed by atoms with Gasteiger partial charge in [-0.15, -0.1) is 0 Å². The van der Waals surface area contributed by atoms with Crippen LogP contribution in [0.3, 0.4) is 0 Å². The fraction of sp³-hybridized carbons (Fsp3) is 0.500. The fourth-order valence-electron chi connectivity index (χ4n) is 4.59. The van der Waals surface area contributed by atoms with Crippen LogP contribution in [-0.4, -0.2) is 74.0 Å². The predicted octanol–water partition coefficient (Wildman–Crippen LogP) is 2.51. The number of halogens is 1. The van der Waals surface area contributed by atoms with Gasteiger partial charge >= 0.3 is 0 Å². The lowest BCUT2D eigenvalue weighted by Gasteiger charge is -2.30. The standard InChI is InChI=1S/C24H30FN7O2/c1-15(34)20-12-17-13-26-24(30-22(17)23(28-20)32-8-4-18(25)5-9-32)29-21-3-2-16-14-31(10-11-33)7-6-19(16)27-21/h2-3,12-13,15,18,33-34H,4-11,14H2,1H3,(H,26,27,29,30)/t15-/m1/s1. The highest BCUT2D eigenvalue weighted by molar-refractivity contribution is 5.89. The lowest BCUT2D eigenvalue weighted by Crippen LogP contribution is -2.35. The molecule has 0 unspecified atom stereocenters. The van der Waals surface area contributed by atoms with Crippen molar-refractivity contribution in [2.45, 2.75) is 45.0 Å². The van der Waals surface area contributed by atoms with Crippen LogP contribution in [0.2, 0.25) is 0 Å². The van der Waals surface area contributed by atoms with Crippen molar-refractivity contribution in [1.82, 2.24) is 24.8 Å². The van der Waals surface area contributed by atoms with Crippen LogP contribution in [0.25, 0.3) is 10.9 Å². The van der Waals surface area contributed by atoms with Gasteiger partial charge in [0, 0.05) is 56.4 Å². The van der Waals surface area contributed by atoms with Crippen LogP contribution in [0.1, 0.15) is 42.8 Å². The second-order valence-electron chi connectivity index (χ2n) is 9.02. The number of piperidine rings is 1. The minimum absolute atomic E-state index is 0.156. The maximum atomic E-state index is 13.7. The molecule has 1 fully saturated rings. The molecule has 2 aliphatic heterocycles. The van der Waals surface area contributed by atoms with Crippen LogP contribution < -0.4 is 10.2 Å². The van der Waals surface area contributed by atoms with Crippen LogP contribution in [0.15, 0.2) is 24.4 Å². The SMILES string of the molecule is C[C@@H](O)c1cc2cnc(Nc3ccc4c(n3)CCN(CCO)C4)nc2c(N2CCC(F)CC2)n1. The molecule has 5 rings (SSSR count). The van der Waals surface area contributed by atoms with Gasteiger partial charge in [-0.05, 0) is 37.5 Å². The van der Waals surface area contributed by atoms with E-state index in [4.69, 9.17) is 9.97 Å². The van der Waals surface area contributed by atoms with Crippen LogP contribution in [0.5, 0.6) is 0 Å². The summed E-state index contributed by atoms with van der Waals surface area (Å²) in [5.74, 6) is 1.72. The first-order chi connectivity index (χ1) is 16.5. The highest BCUT2D eigenvalue weighted by Gasteiger charge is 2.23. The maximum Gasteiger partial charge on any atom is 0.229 e. The summed E-state index contributed by atoms with van der Waals surface area (Å²) in [5, 5.41) is 23.3. The molecule has 0 radical (unpaired) electrons. The van der Waals surface area contributed by atoms with Crippen molar-refractivity contribution in [3.63, 3.8) is 0 Å². The van der Waals surface area contributed by atoms with Gasteiger partial charge in [0.1, 0.15) is 17.5 Å². The first-order valence-corrected chi connectivity index (χ1v) is 11.8. The molecule has 1 saturated heterocycles. The molecule has 2 aliphatic rings. The topological polar surface area (TPSA) is 111 Å². The fourth-order valence-corrected chi connectivity index (χ4v) is 4.59. The number of pyridine rings is 2. The molecule has 0 bridgehead atoms. The number of fused-ring (bicyclic) bond motifs is 2. The number of nitrogens with zero attached hydrogens (tertiary/aromatic N) is 6. The molecule has 0 aromatic carbocycles. The van der Waals surface area contributed by atoms with E-state index < -0.39 is 12.3 Å². The summed E-state index contributed by atoms with van der Waals surface area (Å²) in [7, 11) is 0. The van der Waals surface area contributed by atoms with Gasteiger partial charge < -0.3 is 20.4 Å². The van der Waals surface area contributed by atoms with Gasteiger partial charge in [-0.25, -0.2) is 24.3 Å². The van der Waals surface area contributed by atoms with E-state index in [9.17, 15) is 14.6 Å². The Kier molecular flexibility index (Phi) is 6.53. The largest absolute Gasteiger partial charge is 0.395 e. The van der Waals surface area contributed by atoms with E-state index in [0.717, 1.165) is 36.2 Å². The third kappa shape index (κ3) is 4.79. The Morgan fingerprint density at radius 1 is 1.18 bits per heavy atom. The Morgan fingerprint density at radius 3 is 2.76 bits per heavy atom. The van der Waals surface area contributed by atoms with Crippen molar-refractivity contribution in [2.75, 3.05) is 43.0 Å².